The molecular formula is C12H13BrOS2. The first-order valence-corrected chi connectivity index (χ1v) is 8.19. The zero-order chi connectivity index (χ0) is 11.2. The average Bonchev–Trinajstić information content (AvgIpc) is 2.71. The molecule has 3 rings (SSSR count). The van der Waals surface area contributed by atoms with Gasteiger partial charge in [0.05, 0.1) is 10.7 Å². The fraction of sp³-hybridized carbons (Fsp3) is 0.500. The van der Waals surface area contributed by atoms with Crippen molar-refractivity contribution in [3.8, 4) is 5.75 Å². The van der Waals surface area contributed by atoms with Crippen molar-refractivity contribution in [2.75, 3.05) is 18.1 Å². The molecule has 2 aliphatic heterocycles. The Morgan fingerprint density at radius 2 is 2.06 bits per heavy atom. The first kappa shape index (κ1) is 11.3. The number of hydrogen-bond donors (Lipinski definition) is 0. The van der Waals surface area contributed by atoms with Crippen LogP contribution in [-0.2, 0) is 4.08 Å². The summed E-state index contributed by atoms with van der Waals surface area (Å²) in [7, 11) is 0. The van der Waals surface area contributed by atoms with Crippen LogP contribution in [0.5, 0.6) is 5.75 Å². The van der Waals surface area contributed by atoms with Crippen molar-refractivity contribution in [2.24, 2.45) is 0 Å². The van der Waals surface area contributed by atoms with Gasteiger partial charge in [0.15, 0.2) is 0 Å². The molecule has 0 aromatic heterocycles. The summed E-state index contributed by atoms with van der Waals surface area (Å²) >= 11 is 7.80. The fourth-order valence-electron chi connectivity index (χ4n) is 2.26. The van der Waals surface area contributed by atoms with Crippen molar-refractivity contribution in [1.29, 1.82) is 0 Å². The Bertz CT molecular complexity index is 427. The lowest BCUT2D eigenvalue weighted by atomic mass is 10.0. The minimum Gasteiger partial charge on any atom is -0.493 e. The van der Waals surface area contributed by atoms with Crippen molar-refractivity contribution >= 4 is 39.5 Å². The van der Waals surface area contributed by atoms with Crippen molar-refractivity contribution in [3.63, 3.8) is 0 Å². The van der Waals surface area contributed by atoms with E-state index in [4.69, 9.17) is 4.74 Å². The van der Waals surface area contributed by atoms with E-state index in [1.54, 1.807) is 0 Å². The highest BCUT2D eigenvalue weighted by molar-refractivity contribution is 9.10. The second kappa shape index (κ2) is 4.14. The third-order valence-corrected chi connectivity index (χ3v) is 7.53. The minimum atomic E-state index is 0.268. The van der Waals surface area contributed by atoms with E-state index < -0.39 is 0 Å². The van der Waals surface area contributed by atoms with Crippen LogP contribution in [0.3, 0.4) is 0 Å². The van der Waals surface area contributed by atoms with Crippen LogP contribution in [0.4, 0.5) is 0 Å². The molecule has 86 valence electrons. The molecule has 4 heteroatoms. The molecule has 1 aromatic rings. The zero-order valence-electron chi connectivity index (χ0n) is 9.09. The molecule has 2 heterocycles. The maximum atomic E-state index is 5.80. The van der Waals surface area contributed by atoms with Gasteiger partial charge in [-0.3, -0.25) is 0 Å². The van der Waals surface area contributed by atoms with Crippen LogP contribution < -0.4 is 4.74 Å². The van der Waals surface area contributed by atoms with Crippen molar-refractivity contribution in [1.82, 2.24) is 0 Å². The first-order chi connectivity index (χ1) is 7.71. The summed E-state index contributed by atoms with van der Waals surface area (Å²) in [4.78, 5) is 0. The van der Waals surface area contributed by atoms with Crippen LogP contribution in [-0.4, -0.2) is 18.1 Å². The van der Waals surface area contributed by atoms with E-state index in [9.17, 15) is 0 Å². The molecule has 1 spiro atoms. The lowest BCUT2D eigenvalue weighted by Crippen LogP contribution is -2.25. The Labute approximate surface area is 113 Å². The molecule has 1 nitrogen and oxygen atoms in total. The maximum Gasteiger partial charge on any atom is 0.125 e. The van der Waals surface area contributed by atoms with E-state index in [-0.39, 0.29) is 4.08 Å². The topological polar surface area (TPSA) is 9.23 Å². The minimum absolute atomic E-state index is 0.268. The Kier molecular flexibility index (Phi) is 2.93. The Hall–Kier alpha value is 0.200. The van der Waals surface area contributed by atoms with Gasteiger partial charge < -0.3 is 4.74 Å². The largest absolute Gasteiger partial charge is 0.493 e. The van der Waals surface area contributed by atoms with E-state index in [1.165, 1.54) is 27.1 Å². The lowest BCUT2D eigenvalue weighted by Gasteiger charge is -2.34. The molecule has 16 heavy (non-hydrogen) atoms. The summed E-state index contributed by atoms with van der Waals surface area (Å²) in [6.07, 6.45) is 1.13. The summed E-state index contributed by atoms with van der Waals surface area (Å²) in [6.45, 7) is 2.97. The predicted octanol–water partition coefficient (Wildman–Crippen LogP) is 4.17. The number of hydrogen-bond acceptors (Lipinski definition) is 3. The van der Waals surface area contributed by atoms with Gasteiger partial charge in [-0.1, -0.05) is 15.9 Å². The first-order valence-electron chi connectivity index (χ1n) is 5.43. The number of ether oxygens (including phenoxy) is 1. The van der Waals surface area contributed by atoms with Crippen LogP contribution in [0.25, 0.3) is 0 Å². The molecule has 0 atom stereocenters. The van der Waals surface area contributed by atoms with Crippen molar-refractivity contribution in [3.05, 3.63) is 27.7 Å². The molecule has 0 unspecified atom stereocenters. The molecule has 1 fully saturated rings. The average molecular weight is 317 g/mol. The second-order valence-electron chi connectivity index (χ2n) is 4.15. The third kappa shape index (κ3) is 1.70. The normalized spacial score (nSPS) is 21.9. The Morgan fingerprint density at radius 1 is 1.31 bits per heavy atom. The van der Waals surface area contributed by atoms with Crippen molar-refractivity contribution < 1.29 is 4.74 Å². The van der Waals surface area contributed by atoms with E-state index in [0.29, 0.717) is 0 Å². The highest BCUT2D eigenvalue weighted by atomic mass is 79.9. The highest BCUT2D eigenvalue weighted by Crippen LogP contribution is 2.58. The van der Waals surface area contributed by atoms with Gasteiger partial charge in [-0.15, -0.1) is 23.5 Å². The van der Waals surface area contributed by atoms with Gasteiger partial charge in [0, 0.05) is 28.0 Å². The van der Waals surface area contributed by atoms with Crippen LogP contribution in [0.15, 0.2) is 16.6 Å². The van der Waals surface area contributed by atoms with Crippen molar-refractivity contribution in [2.45, 2.75) is 17.4 Å². The van der Waals surface area contributed by atoms with Gasteiger partial charge in [0.2, 0.25) is 0 Å². The third-order valence-electron chi connectivity index (χ3n) is 3.11. The van der Waals surface area contributed by atoms with E-state index >= 15 is 0 Å². The van der Waals surface area contributed by atoms with Crippen LogP contribution >= 0.6 is 39.5 Å². The molecule has 1 aromatic carbocycles. The number of thioether (sulfide) groups is 2. The lowest BCUT2D eigenvalue weighted by molar-refractivity contribution is 0.280. The smallest absolute Gasteiger partial charge is 0.125 e. The van der Waals surface area contributed by atoms with Gasteiger partial charge in [0.25, 0.3) is 0 Å². The van der Waals surface area contributed by atoms with Gasteiger partial charge in [-0.2, -0.15) is 0 Å². The number of halogens is 1. The molecule has 0 N–H and O–H groups in total. The van der Waals surface area contributed by atoms with Gasteiger partial charge in [0.1, 0.15) is 5.75 Å². The van der Waals surface area contributed by atoms with E-state index in [0.717, 1.165) is 18.8 Å². The number of aryl methyl sites for hydroxylation is 1. The number of fused-ring (bicyclic) bond motifs is 2. The molecule has 0 radical (unpaired) electrons. The summed E-state index contributed by atoms with van der Waals surface area (Å²) in [6, 6.07) is 4.43. The standard InChI is InChI=1S/C12H13BrOS2/c1-8-6-11-9(7-10(8)13)12(2-3-14-11)15-4-5-16-12/h6-7H,2-5H2,1H3. The summed E-state index contributed by atoms with van der Waals surface area (Å²) in [5.74, 6) is 3.61. The van der Waals surface area contributed by atoms with Gasteiger partial charge in [-0.25, -0.2) is 0 Å². The molecule has 1 saturated heterocycles. The molecular weight excluding hydrogens is 304 g/mol. The summed E-state index contributed by atoms with van der Waals surface area (Å²) in [5.41, 5.74) is 2.63. The SMILES string of the molecule is Cc1cc2c(cc1Br)C1(CCO2)SCCS1. The van der Waals surface area contributed by atoms with Gasteiger partial charge >= 0.3 is 0 Å². The van der Waals surface area contributed by atoms with Gasteiger partial charge in [-0.05, 0) is 24.6 Å². The highest BCUT2D eigenvalue weighted by Gasteiger charge is 2.42. The maximum absolute atomic E-state index is 5.80. The number of rotatable bonds is 0. The zero-order valence-corrected chi connectivity index (χ0v) is 12.3. The Balaban J connectivity index is 2.14. The van der Waals surface area contributed by atoms with E-state index in [2.05, 4.69) is 58.5 Å². The van der Waals surface area contributed by atoms with Crippen LogP contribution in [0, 0.1) is 6.92 Å². The van der Waals surface area contributed by atoms with Crippen LogP contribution in [0.2, 0.25) is 0 Å². The molecule has 0 aliphatic carbocycles. The fourth-order valence-corrected chi connectivity index (χ4v) is 5.84. The van der Waals surface area contributed by atoms with E-state index in [1.807, 2.05) is 0 Å². The Morgan fingerprint density at radius 3 is 2.81 bits per heavy atom. The monoisotopic (exact) mass is 316 g/mol. The molecule has 0 saturated carbocycles. The second-order valence-corrected chi connectivity index (χ2v) is 8.05. The summed E-state index contributed by atoms with van der Waals surface area (Å²) in [5, 5.41) is 0. The predicted molar refractivity (Wildman–Crippen MR) is 75.6 cm³/mol. The van der Waals surface area contributed by atoms with Crippen LogP contribution in [0.1, 0.15) is 17.5 Å². The molecule has 0 amide bonds. The molecule has 2 aliphatic rings. The quantitative estimate of drug-likeness (QED) is 0.711. The molecule has 0 bridgehead atoms. The number of benzene rings is 1. The summed E-state index contributed by atoms with van der Waals surface area (Å²) < 4.78 is 7.26.